The standard InChI is InChI=1S/C14H11N3O/c1-2-3-7-12-16-14(18-17-12)11-6-4-5-10-8-9-15-13(10)11/h1,4-6,8-9,15H,3,7H2. The largest absolute Gasteiger partial charge is 0.361 e. The zero-order valence-corrected chi connectivity index (χ0v) is 9.68. The van der Waals surface area contributed by atoms with Crippen LogP contribution in [0.4, 0.5) is 0 Å². The number of hydrogen-bond acceptors (Lipinski definition) is 3. The predicted molar refractivity (Wildman–Crippen MR) is 68.7 cm³/mol. The molecule has 0 amide bonds. The number of hydrogen-bond donors (Lipinski definition) is 1. The third-order valence-electron chi connectivity index (χ3n) is 2.78. The Labute approximate surface area is 104 Å². The van der Waals surface area contributed by atoms with Gasteiger partial charge >= 0.3 is 0 Å². The number of aromatic nitrogens is 3. The molecule has 4 nitrogen and oxygen atoms in total. The van der Waals surface area contributed by atoms with E-state index in [2.05, 4.69) is 21.0 Å². The van der Waals surface area contributed by atoms with Crippen LogP contribution in [-0.2, 0) is 6.42 Å². The maximum atomic E-state index is 5.28. The highest BCUT2D eigenvalue weighted by Gasteiger charge is 2.11. The van der Waals surface area contributed by atoms with E-state index < -0.39 is 0 Å². The summed E-state index contributed by atoms with van der Waals surface area (Å²) in [5.74, 6) is 3.73. The summed E-state index contributed by atoms with van der Waals surface area (Å²) in [6, 6.07) is 7.97. The SMILES string of the molecule is C#CCCc1noc(-c2cccc3cc[nH]c23)n1. The van der Waals surface area contributed by atoms with Crippen molar-refractivity contribution >= 4 is 10.9 Å². The maximum Gasteiger partial charge on any atom is 0.260 e. The van der Waals surface area contributed by atoms with Crippen LogP contribution in [0.2, 0.25) is 0 Å². The normalized spacial score (nSPS) is 10.6. The fourth-order valence-corrected chi connectivity index (χ4v) is 1.91. The first-order valence-corrected chi connectivity index (χ1v) is 5.71. The van der Waals surface area contributed by atoms with Crippen LogP contribution >= 0.6 is 0 Å². The van der Waals surface area contributed by atoms with Gasteiger partial charge in [0.25, 0.3) is 5.89 Å². The minimum atomic E-state index is 0.523. The smallest absolute Gasteiger partial charge is 0.260 e. The lowest BCUT2D eigenvalue weighted by Crippen LogP contribution is -1.86. The van der Waals surface area contributed by atoms with Gasteiger partial charge in [0, 0.05) is 24.4 Å². The van der Waals surface area contributed by atoms with Crippen molar-refractivity contribution in [2.75, 3.05) is 0 Å². The van der Waals surface area contributed by atoms with Crippen molar-refractivity contribution in [3.63, 3.8) is 0 Å². The lowest BCUT2D eigenvalue weighted by Gasteiger charge is -1.96. The molecule has 0 unspecified atom stereocenters. The summed E-state index contributed by atoms with van der Waals surface area (Å²) in [5, 5.41) is 5.05. The summed E-state index contributed by atoms with van der Waals surface area (Å²) in [5.41, 5.74) is 1.92. The van der Waals surface area contributed by atoms with E-state index in [4.69, 9.17) is 10.9 Å². The molecule has 0 atom stereocenters. The second kappa shape index (κ2) is 4.38. The molecule has 1 N–H and O–H groups in total. The Morgan fingerprint density at radius 2 is 2.28 bits per heavy atom. The molecular formula is C14H11N3O. The molecular weight excluding hydrogens is 226 g/mol. The first-order valence-electron chi connectivity index (χ1n) is 5.71. The number of terminal acetylenes is 1. The number of fused-ring (bicyclic) bond motifs is 1. The van der Waals surface area contributed by atoms with E-state index in [9.17, 15) is 0 Å². The van der Waals surface area contributed by atoms with Crippen molar-refractivity contribution in [1.82, 2.24) is 15.1 Å². The van der Waals surface area contributed by atoms with Gasteiger partial charge in [0.1, 0.15) is 0 Å². The third kappa shape index (κ3) is 1.76. The summed E-state index contributed by atoms with van der Waals surface area (Å²) < 4.78 is 5.28. The zero-order valence-electron chi connectivity index (χ0n) is 9.68. The maximum absolute atomic E-state index is 5.28. The first kappa shape index (κ1) is 10.6. The summed E-state index contributed by atoms with van der Waals surface area (Å²) in [6.07, 6.45) is 8.36. The van der Waals surface area contributed by atoms with Crippen LogP contribution < -0.4 is 0 Å². The Morgan fingerprint density at radius 1 is 1.33 bits per heavy atom. The Bertz CT molecular complexity index is 718. The van der Waals surface area contributed by atoms with Crippen molar-refractivity contribution in [2.24, 2.45) is 0 Å². The molecule has 0 saturated carbocycles. The van der Waals surface area contributed by atoms with Crippen LogP contribution in [0.15, 0.2) is 35.0 Å². The van der Waals surface area contributed by atoms with Crippen LogP contribution in [0.1, 0.15) is 12.2 Å². The lowest BCUT2D eigenvalue weighted by atomic mass is 10.1. The van der Waals surface area contributed by atoms with Crippen molar-refractivity contribution in [3.05, 3.63) is 36.3 Å². The van der Waals surface area contributed by atoms with Gasteiger partial charge in [-0.1, -0.05) is 17.3 Å². The molecule has 0 spiro atoms. The highest BCUT2D eigenvalue weighted by Crippen LogP contribution is 2.26. The van der Waals surface area contributed by atoms with Crippen LogP contribution in [0.5, 0.6) is 0 Å². The second-order valence-electron chi connectivity index (χ2n) is 3.97. The average molecular weight is 237 g/mol. The van der Waals surface area contributed by atoms with Gasteiger partial charge in [-0.15, -0.1) is 12.3 Å². The van der Waals surface area contributed by atoms with Crippen molar-refractivity contribution in [2.45, 2.75) is 12.8 Å². The molecule has 0 bridgehead atoms. The number of nitrogens with one attached hydrogen (secondary N) is 1. The summed E-state index contributed by atoms with van der Waals surface area (Å²) in [4.78, 5) is 7.53. The van der Waals surface area contributed by atoms with E-state index in [1.165, 1.54) is 0 Å². The van der Waals surface area contributed by atoms with Crippen LogP contribution in [0, 0.1) is 12.3 Å². The van der Waals surface area contributed by atoms with Crippen LogP contribution in [0.3, 0.4) is 0 Å². The second-order valence-corrected chi connectivity index (χ2v) is 3.97. The fourth-order valence-electron chi connectivity index (χ4n) is 1.91. The quantitative estimate of drug-likeness (QED) is 0.712. The Morgan fingerprint density at radius 3 is 3.17 bits per heavy atom. The van der Waals surface area contributed by atoms with Gasteiger partial charge in [0.15, 0.2) is 5.82 Å². The van der Waals surface area contributed by atoms with E-state index in [1.807, 2.05) is 30.5 Å². The monoisotopic (exact) mass is 237 g/mol. The molecule has 3 aromatic rings. The van der Waals surface area contributed by atoms with Crippen molar-refractivity contribution in [3.8, 4) is 23.8 Å². The van der Waals surface area contributed by atoms with Gasteiger partial charge in [-0.3, -0.25) is 0 Å². The van der Waals surface area contributed by atoms with Gasteiger partial charge in [0.2, 0.25) is 0 Å². The molecule has 3 rings (SSSR count). The fraction of sp³-hybridized carbons (Fsp3) is 0.143. The molecule has 2 heterocycles. The van der Waals surface area contributed by atoms with Gasteiger partial charge in [-0.2, -0.15) is 4.98 Å². The molecule has 0 aliphatic rings. The molecule has 4 heteroatoms. The van der Waals surface area contributed by atoms with Crippen molar-refractivity contribution in [1.29, 1.82) is 0 Å². The number of benzene rings is 1. The van der Waals surface area contributed by atoms with Gasteiger partial charge < -0.3 is 9.51 Å². The first-order chi connectivity index (χ1) is 8.88. The average Bonchev–Trinajstić information content (AvgIpc) is 3.04. The van der Waals surface area contributed by atoms with E-state index in [0.717, 1.165) is 16.5 Å². The van der Waals surface area contributed by atoms with Crippen LogP contribution in [-0.4, -0.2) is 15.1 Å². The number of nitrogens with zero attached hydrogens (tertiary/aromatic N) is 2. The molecule has 88 valence electrons. The Hall–Kier alpha value is -2.54. The summed E-state index contributed by atoms with van der Waals surface area (Å²) in [7, 11) is 0. The van der Waals surface area contributed by atoms with E-state index in [1.54, 1.807) is 0 Å². The summed E-state index contributed by atoms with van der Waals surface area (Å²) in [6.45, 7) is 0. The summed E-state index contributed by atoms with van der Waals surface area (Å²) >= 11 is 0. The number of aryl methyl sites for hydroxylation is 1. The third-order valence-corrected chi connectivity index (χ3v) is 2.78. The minimum absolute atomic E-state index is 0.523. The van der Waals surface area contributed by atoms with E-state index in [0.29, 0.717) is 24.6 Å². The van der Waals surface area contributed by atoms with Crippen LogP contribution in [0.25, 0.3) is 22.4 Å². The minimum Gasteiger partial charge on any atom is -0.361 e. The Balaban J connectivity index is 2.02. The molecule has 0 aliphatic carbocycles. The molecule has 0 fully saturated rings. The molecule has 0 radical (unpaired) electrons. The molecule has 2 aromatic heterocycles. The lowest BCUT2D eigenvalue weighted by molar-refractivity contribution is 0.423. The zero-order chi connectivity index (χ0) is 12.4. The molecule has 0 saturated heterocycles. The highest BCUT2D eigenvalue weighted by molar-refractivity contribution is 5.91. The van der Waals surface area contributed by atoms with Gasteiger partial charge in [0.05, 0.1) is 11.1 Å². The molecule has 18 heavy (non-hydrogen) atoms. The highest BCUT2D eigenvalue weighted by atomic mass is 16.5. The number of para-hydroxylation sites is 1. The Kier molecular flexibility index (Phi) is 2.58. The van der Waals surface area contributed by atoms with Gasteiger partial charge in [-0.25, -0.2) is 0 Å². The topological polar surface area (TPSA) is 54.7 Å². The number of aromatic amines is 1. The van der Waals surface area contributed by atoms with E-state index >= 15 is 0 Å². The predicted octanol–water partition coefficient (Wildman–Crippen LogP) is 2.78. The number of rotatable bonds is 3. The number of H-pyrrole nitrogens is 1. The van der Waals surface area contributed by atoms with Crippen molar-refractivity contribution < 1.29 is 4.52 Å². The molecule has 0 aliphatic heterocycles. The molecule has 1 aromatic carbocycles. The van der Waals surface area contributed by atoms with E-state index in [-0.39, 0.29) is 0 Å². The van der Waals surface area contributed by atoms with Gasteiger partial charge in [-0.05, 0) is 12.1 Å².